The molecule has 0 radical (unpaired) electrons. The highest BCUT2D eigenvalue weighted by Gasteiger charge is 2.12. The first-order valence-corrected chi connectivity index (χ1v) is 6.83. The Bertz CT molecular complexity index is 395. The van der Waals surface area contributed by atoms with Gasteiger partial charge in [-0.1, -0.05) is 28.9 Å². The normalized spacial score (nSPS) is 12.2. The van der Waals surface area contributed by atoms with Crippen molar-refractivity contribution >= 4 is 21.8 Å². The van der Waals surface area contributed by atoms with Gasteiger partial charge in [-0.25, -0.2) is 4.39 Å². The number of halogens is 2. The maximum Gasteiger partial charge on any atom is 0.251 e. The zero-order valence-corrected chi connectivity index (χ0v) is 11.7. The van der Waals surface area contributed by atoms with Crippen LogP contribution in [0.25, 0.3) is 0 Å². The molecule has 1 N–H and O–H groups in total. The van der Waals surface area contributed by atoms with E-state index in [2.05, 4.69) is 21.2 Å². The highest BCUT2D eigenvalue weighted by atomic mass is 79.9. The van der Waals surface area contributed by atoms with Crippen LogP contribution in [0, 0.1) is 12.7 Å². The molecule has 1 amide bonds. The van der Waals surface area contributed by atoms with Gasteiger partial charge in [0.25, 0.3) is 5.91 Å². The van der Waals surface area contributed by atoms with Crippen molar-refractivity contribution in [1.29, 1.82) is 0 Å². The average molecular weight is 302 g/mol. The topological polar surface area (TPSA) is 29.1 Å². The lowest BCUT2D eigenvalue weighted by molar-refractivity contribution is 0.0934. The number of rotatable bonds is 5. The molecule has 94 valence electrons. The first-order chi connectivity index (χ1) is 8.08. The van der Waals surface area contributed by atoms with Crippen molar-refractivity contribution in [3.05, 3.63) is 35.1 Å². The SMILES string of the molecule is CCC(CCBr)NC(=O)c1ccc(C)c(F)c1. The van der Waals surface area contributed by atoms with Crippen LogP contribution in [0.2, 0.25) is 0 Å². The summed E-state index contributed by atoms with van der Waals surface area (Å²) in [6, 6.07) is 4.68. The number of hydrogen-bond donors (Lipinski definition) is 1. The average Bonchev–Trinajstić information content (AvgIpc) is 2.31. The molecular formula is C13H17BrFNO. The molecule has 0 bridgehead atoms. The molecule has 0 heterocycles. The molecule has 0 aliphatic rings. The lowest BCUT2D eigenvalue weighted by Gasteiger charge is -2.15. The fourth-order valence-corrected chi connectivity index (χ4v) is 2.07. The van der Waals surface area contributed by atoms with Crippen molar-refractivity contribution in [2.75, 3.05) is 5.33 Å². The van der Waals surface area contributed by atoms with Crippen LogP contribution in [0.3, 0.4) is 0 Å². The molecule has 2 nitrogen and oxygen atoms in total. The first kappa shape index (κ1) is 14.2. The minimum absolute atomic E-state index is 0.131. The maximum atomic E-state index is 13.3. The summed E-state index contributed by atoms with van der Waals surface area (Å²) in [5.74, 6) is -0.553. The highest BCUT2D eigenvalue weighted by Crippen LogP contribution is 2.10. The third kappa shape index (κ3) is 4.11. The molecule has 4 heteroatoms. The van der Waals surface area contributed by atoms with E-state index in [1.807, 2.05) is 6.92 Å². The summed E-state index contributed by atoms with van der Waals surface area (Å²) in [5, 5.41) is 3.74. The minimum Gasteiger partial charge on any atom is -0.349 e. The maximum absolute atomic E-state index is 13.3. The van der Waals surface area contributed by atoms with Crippen LogP contribution in [-0.2, 0) is 0 Å². The van der Waals surface area contributed by atoms with Gasteiger partial charge in [0.05, 0.1) is 0 Å². The molecule has 0 saturated carbocycles. The van der Waals surface area contributed by atoms with E-state index in [9.17, 15) is 9.18 Å². The zero-order valence-electron chi connectivity index (χ0n) is 10.1. The number of hydrogen-bond acceptors (Lipinski definition) is 1. The number of aryl methyl sites for hydroxylation is 1. The summed E-state index contributed by atoms with van der Waals surface area (Å²) >= 11 is 3.35. The quantitative estimate of drug-likeness (QED) is 0.830. The third-order valence-electron chi connectivity index (χ3n) is 2.72. The van der Waals surface area contributed by atoms with Gasteiger partial charge in [0.2, 0.25) is 0 Å². The van der Waals surface area contributed by atoms with Crippen molar-refractivity contribution < 1.29 is 9.18 Å². The largest absolute Gasteiger partial charge is 0.349 e. The van der Waals surface area contributed by atoms with E-state index in [-0.39, 0.29) is 17.8 Å². The van der Waals surface area contributed by atoms with Crippen molar-refractivity contribution in [1.82, 2.24) is 5.32 Å². The van der Waals surface area contributed by atoms with E-state index in [0.717, 1.165) is 18.2 Å². The van der Waals surface area contributed by atoms with E-state index in [1.165, 1.54) is 6.07 Å². The second kappa shape index (κ2) is 6.74. The summed E-state index contributed by atoms with van der Waals surface area (Å²) in [6.07, 6.45) is 1.74. The summed E-state index contributed by atoms with van der Waals surface area (Å²) in [7, 11) is 0. The summed E-state index contributed by atoms with van der Waals surface area (Å²) < 4.78 is 13.3. The molecule has 0 saturated heterocycles. The van der Waals surface area contributed by atoms with E-state index >= 15 is 0 Å². The number of benzene rings is 1. The van der Waals surface area contributed by atoms with Gasteiger partial charge in [-0.3, -0.25) is 4.79 Å². The smallest absolute Gasteiger partial charge is 0.251 e. The second-order valence-corrected chi connectivity index (χ2v) is 4.81. The Labute approximate surface area is 110 Å². The molecule has 1 rings (SSSR count). The number of amides is 1. The van der Waals surface area contributed by atoms with Gasteiger partial charge in [0.15, 0.2) is 0 Å². The van der Waals surface area contributed by atoms with Gasteiger partial charge >= 0.3 is 0 Å². The van der Waals surface area contributed by atoms with Gasteiger partial charge in [-0.15, -0.1) is 0 Å². The van der Waals surface area contributed by atoms with Crippen LogP contribution in [0.15, 0.2) is 18.2 Å². The molecule has 1 aromatic carbocycles. The number of alkyl halides is 1. The Morgan fingerprint density at radius 2 is 2.24 bits per heavy atom. The van der Waals surface area contributed by atoms with E-state index in [0.29, 0.717) is 11.1 Å². The van der Waals surface area contributed by atoms with E-state index < -0.39 is 0 Å². The zero-order chi connectivity index (χ0) is 12.8. The summed E-state index contributed by atoms with van der Waals surface area (Å²) in [4.78, 5) is 11.9. The monoisotopic (exact) mass is 301 g/mol. The lowest BCUT2D eigenvalue weighted by Crippen LogP contribution is -2.34. The molecule has 0 aliphatic carbocycles. The molecule has 17 heavy (non-hydrogen) atoms. The predicted octanol–water partition coefficient (Wildman–Crippen LogP) is 3.43. The Balaban J connectivity index is 2.72. The van der Waals surface area contributed by atoms with Crippen LogP contribution in [0.1, 0.15) is 35.7 Å². The summed E-state index contributed by atoms with van der Waals surface area (Å²) in [5.41, 5.74) is 0.926. The van der Waals surface area contributed by atoms with Crippen molar-refractivity contribution in [3.63, 3.8) is 0 Å². The van der Waals surface area contributed by atoms with Crippen LogP contribution >= 0.6 is 15.9 Å². The molecule has 1 unspecified atom stereocenters. The van der Waals surface area contributed by atoms with Gasteiger partial charge in [0.1, 0.15) is 5.82 Å². The molecule has 0 fully saturated rings. The Morgan fingerprint density at radius 3 is 2.76 bits per heavy atom. The van der Waals surface area contributed by atoms with Crippen LogP contribution in [0.5, 0.6) is 0 Å². The van der Waals surface area contributed by atoms with E-state index in [1.54, 1.807) is 19.1 Å². The van der Waals surface area contributed by atoms with E-state index in [4.69, 9.17) is 0 Å². The molecular weight excluding hydrogens is 285 g/mol. The van der Waals surface area contributed by atoms with Crippen molar-refractivity contribution in [2.45, 2.75) is 32.7 Å². The standard InChI is InChI=1S/C13H17BrFNO/c1-3-11(6-7-14)16-13(17)10-5-4-9(2)12(15)8-10/h4-5,8,11H,3,6-7H2,1-2H3,(H,16,17). The number of carbonyl (C=O) groups excluding carboxylic acids is 1. The van der Waals surface area contributed by atoms with Crippen LogP contribution in [-0.4, -0.2) is 17.3 Å². The van der Waals surface area contributed by atoms with Gasteiger partial charge in [0, 0.05) is 16.9 Å². The van der Waals surface area contributed by atoms with Crippen molar-refractivity contribution in [2.24, 2.45) is 0 Å². The fraction of sp³-hybridized carbons (Fsp3) is 0.462. The van der Waals surface area contributed by atoms with Crippen molar-refractivity contribution in [3.8, 4) is 0 Å². The summed E-state index contributed by atoms with van der Waals surface area (Å²) in [6.45, 7) is 3.69. The Kier molecular flexibility index (Phi) is 5.62. The number of carbonyl (C=O) groups is 1. The van der Waals surface area contributed by atoms with Crippen LogP contribution < -0.4 is 5.32 Å². The lowest BCUT2D eigenvalue weighted by atomic mass is 10.1. The predicted molar refractivity (Wildman–Crippen MR) is 71.1 cm³/mol. The highest BCUT2D eigenvalue weighted by molar-refractivity contribution is 9.09. The minimum atomic E-state index is -0.341. The second-order valence-electron chi connectivity index (χ2n) is 4.02. The molecule has 0 aliphatic heterocycles. The van der Waals surface area contributed by atoms with Crippen LogP contribution in [0.4, 0.5) is 4.39 Å². The van der Waals surface area contributed by atoms with Gasteiger partial charge in [-0.05, 0) is 37.5 Å². The van der Waals surface area contributed by atoms with Gasteiger partial charge < -0.3 is 5.32 Å². The van der Waals surface area contributed by atoms with Gasteiger partial charge in [-0.2, -0.15) is 0 Å². The Hall–Kier alpha value is -0.900. The first-order valence-electron chi connectivity index (χ1n) is 5.71. The Morgan fingerprint density at radius 1 is 1.53 bits per heavy atom. The molecule has 1 atom stereocenters. The fourth-order valence-electron chi connectivity index (χ4n) is 1.51. The number of nitrogens with one attached hydrogen (secondary N) is 1. The molecule has 0 aromatic heterocycles. The molecule has 0 spiro atoms. The third-order valence-corrected chi connectivity index (χ3v) is 3.18. The molecule has 1 aromatic rings.